The van der Waals surface area contributed by atoms with Gasteiger partial charge < -0.3 is 46.6 Å². The van der Waals surface area contributed by atoms with Gasteiger partial charge in [0, 0.05) is 24.2 Å². The van der Waals surface area contributed by atoms with Crippen molar-refractivity contribution in [3.8, 4) is 0 Å². The number of anilines is 1. The van der Waals surface area contributed by atoms with Crippen LogP contribution in [0.15, 0.2) is 54.6 Å². The molecule has 0 spiro atoms. The summed E-state index contributed by atoms with van der Waals surface area (Å²) in [5, 5.41) is 50.0. The lowest BCUT2D eigenvalue weighted by Gasteiger charge is -2.27. The van der Waals surface area contributed by atoms with E-state index in [-0.39, 0.29) is 18.0 Å². The van der Waals surface area contributed by atoms with Crippen LogP contribution < -0.4 is 26.6 Å². The fourth-order valence-electron chi connectivity index (χ4n) is 4.43. The van der Waals surface area contributed by atoms with Crippen molar-refractivity contribution in [2.45, 2.75) is 70.3 Å². The van der Waals surface area contributed by atoms with E-state index >= 15 is 0 Å². The number of non-ortho nitro benzene ring substituents is 1. The maximum atomic E-state index is 13.4. The molecule has 0 saturated heterocycles. The summed E-state index contributed by atoms with van der Waals surface area (Å²) in [5.41, 5.74) is 0.355. The number of hydrogen-bond acceptors (Lipinski definition) is 11. The Morgan fingerprint density at radius 1 is 0.692 bits per heavy atom. The first kappa shape index (κ1) is 41.6. The Morgan fingerprint density at radius 3 is 1.75 bits per heavy atom. The zero-order valence-corrected chi connectivity index (χ0v) is 27.9. The van der Waals surface area contributed by atoms with E-state index in [1.807, 2.05) is 0 Å². The second-order valence-corrected chi connectivity index (χ2v) is 11.5. The smallest absolute Gasteiger partial charge is 0.408 e. The molecule has 2 aromatic rings. The number of benzene rings is 2. The molecule has 4 unspecified atom stereocenters. The maximum Gasteiger partial charge on any atom is 0.408 e. The Hall–Kier alpha value is -6.60. The molecule has 0 aliphatic heterocycles. The Morgan fingerprint density at radius 2 is 1.23 bits per heavy atom. The van der Waals surface area contributed by atoms with Gasteiger partial charge in [-0.2, -0.15) is 0 Å². The zero-order valence-electron chi connectivity index (χ0n) is 27.9. The zero-order chi connectivity index (χ0) is 39.0. The first-order valence-corrected chi connectivity index (χ1v) is 15.6. The molecule has 20 heteroatoms. The van der Waals surface area contributed by atoms with Gasteiger partial charge in [-0.15, -0.1) is 0 Å². The molecule has 8 N–H and O–H groups in total. The molecule has 0 aliphatic rings. The molecule has 0 fully saturated rings. The highest BCUT2D eigenvalue weighted by Gasteiger charge is 2.34. The van der Waals surface area contributed by atoms with Crippen LogP contribution >= 0.6 is 0 Å². The fraction of sp³-hybridized carbons (Fsp3) is 0.375. The van der Waals surface area contributed by atoms with E-state index in [4.69, 9.17) is 4.74 Å². The first-order chi connectivity index (χ1) is 24.5. The summed E-state index contributed by atoms with van der Waals surface area (Å²) in [5.74, 6) is -9.45. The topological polar surface area (TPSA) is 310 Å². The second-order valence-electron chi connectivity index (χ2n) is 11.5. The molecule has 0 radical (unpaired) electrons. The van der Waals surface area contributed by atoms with Gasteiger partial charge in [0.1, 0.15) is 30.8 Å². The largest absolute Gasteiger partial charge is 0.481 e. The second kappa shape index (κ2) is 20.2. The number of carboxylic acid groups (broad SMARTS) is 3. The van der Waals surface area contributed by atoms with Gasteiger partial charge in [-0.05, 0) is 30.0 Å². The minimum atomic E-state index is -1.78. The molecule has 0 aromatic heterocycles. The van der Waals surface area contributed by atoms with Gasteiger partial charge in [-0.1, -0.05) is 44.2 Å². The first-order valence-electron chi connectivity index (χ1n) is 15.6. The van der Waals surface area contributed by atoms with E-state index in [0.717, 1.165) is 12.1 Å². The third kappa shape index (κ3) is 14.5. The third-order valence-corrected chi connectivity index (χ3v) is 7.08. The van der Waals surface area contributed by atoms with Crippen LogP contribution in [0.25, 0.3) is 0 Å². The molecule has 0 saturated carbocycles. The number of aliphatic carboxylic acids is 3. The van der Waals surface area contributed by atoms with Crippen molar-refractivity contribution in [3.63, 3.8) is 0 Å². The Bertz CT molecular complexity index is 1630. The molecule has 0 bridgehead atoms. The summed E-state index contributed by atoms with van der Waals surface area (Å²) in [6.07, 6.45) is -4.25. The van der Waals surface area contributed by atoms with E-state index < -0.39 is 108 Å². The summed E-state index contributed by atoms with van der Waals surface area (Å²) in [6, 6.07) is 6.27. The van der Waals surface area contributed by atoms with Crippen molar-refractivity contribution in [2.24, 2.45) is 5.92 Å². The van der Waals surface area contributed by atoms with Crippen LogP contribution in [0.3, 0.4) is 0 Å². The number of hydrogen-bond donors (Lipinski definition) is 8. The van der Waals surface area contributed by atoms with Crippen LogP contribution in [-0.2, 0) is 44.9 Å². The van der Waals surface area contributed by atoms with Gasteiger partial charge in [0.25, 0.3) is 5.69 Å². The average molecular weight is 731 g/mol. The predicted molar refractivity (Wildman–Crippen MR) is 177 cm³/mol. The monoisotopic (exact) mass is 730 g/mol. The molecule has 52 heavy (non-hydrogen) atoms. The van der Waals surface area contributed by atoms with Crippen LogP contribution in [-0.4, -0.2) is 92.0 Å². The lowest BCUT2D eigenvalue weighted by Crippen LogP contribution is -2.59. The van der Waals surface area contributed by atoms with Gasteiger partial charge in [0.15, 0.2) is 0 Å². The molecule has 4 atom stereocenters. The van der Waals surface area contributed by atoms with Crippen LogP contribution in [0.2, 0.25) is 0 Å². The van der Waals surface area contributed by atoms with Gasteiger partial charge in [0.05, 0.1) is 17.8 Å². The minimum absolute atomic E-state index is 0.0473. The number of alkyl carbamates (subject to hydrolysis) is 1. The van der Waals surface area contributed by atoms with Crippen LogP contribution in [0, 0.1) is 16.0 Å². The number of nitro groups is 1. The Kier molecular flexibility index (Phi) is 16.1. The number of nitrogens with zero attached hydrogens (tertiary/aromatic N) is 1. The number of amides is 5. The SMILES string of the molecule is CC(C)C(NC(=O)C(CCC(=O)O)NC(=O)C(CC(=O)O)NC(=O)OCc1ccccc1)C(=O)NC(CC(=O)O)C(=O)Nc1ccc([N+](=O)[O-])cc1. The minimum Gasteiger partial charge on any atom is -0.481 e. The summed E-state index contributed by atoms with van der Waals surface area (Å²) in [7, 11) is 0. The fourth-order valence-corrected chi connectivity index (χ4v) is 4.43. The van der Waals surface area contributed by atoms with Crippen molar-refractivity contribution in [1.82, 2.24) is 21.3 Å². The Balaban J connectivity index is 2.20. The summed E-state index contributed by atoms with van der Waals surface area (Å²) in [6.45, 7) is 2.74. The molecule has 280 valence electrons. The van der Waals surface area contributed by atoms with Crippen LogP contribution in [0.5, 0.6) is 0 Å². The quantitative estimate of drug-likeness (QED) is 0.0689. The average Bonchev–Trinajstić information content (AvgIpc) is 3.07. The van der Waals surface area contributed by atoms with Crippen molar-refractivity contribution in [1.29, 1.82) is 0 Å². The number of carbonyl (C=O) groups excluding carboxylic acids is 5. The van der Waals surface area contributed by atoms with E-state index in [1.54, 1.807) is 30.3 Å². The lowest BCUT2D eigenvalue weighted by molar-refractivity contribution is -0.384. The van der Waals surface area contributed by atoms with Gasteiger partial charge in [-0.25, -0.2) is 4.79 Å². The number of nitrogens with one attached hydrogen (secondary N) is 5. The maximum absolute atomic E-state index is 13.4. The highest BCUT2D eigenvalue weighted by Crippen LogP contribution is 2.16. The standard InChI is InChI=1S/C32H38N6O14/c1-17(2)27(31(48)35-22(14-25(41)42)29(46)33-19-8-10-20(11-9-19)38(50)51)37-28(45)21(12-13-24(39)40)34-30(47)23(15-26(43)44)36-32(49)52-16-18-6-4-3-5-7-18/h3-11,17,21-23,27H,12-16H2,1-2H3,(H,33,46)(H,34,47)(H,35,48)(H,36,49)(H,37,45)(H,39,40)(H,41,42)(H,43,44). The highest BCUT2D eigenvalue weighted by molar-refractivity contribution is 6.01. The van der Waals surface area contributed by atoms with E-state index in [1.165, 1.54) is 26.0 Å². The van der Waals surface area contributed by atoms with Crippen molar-refractivity contribution in [3.05, 3.63) is 70.3 Å². The van der Waals surface area contributed by atoms with Crippen molar-refractivity contribution < 1.29 is 63.3 Å². The van der Waals surface area contributed by atoms with Crippen LogP contribution in [0.4, 0.5) is 16.2 Å². The predicted octanol–water partition coefficient (Wildman–Crippen LogP) is 0.753. The molecule has 5 amide bonds. The molecular weight excluding hydrogens is 692 g/mol. The number of rotatable bonds is 20. The van der Waals surface area contributed by atoms with E-state index in [9.17, 15) is 63.8 Å². The van der Waals surface area contributed by atoms with Gasteiger partial charge >= 0.3 is 24.0 Å². The highest BCUT2D eigenvalue weighted by atomic mass is 16.6. The number of nitro benzene ring substituents is 1. The molecule has 0 aliphatic carbocycles. The van der Waals surface area contributed by atoms with Crippen LogP contribution in [0.1, 0.15) is 45.1 Å². The number of carboxylic acids is 3. The summed E-state index contributed by atoms with van der Waals surface area (Å²) >= 11 is 0. The molecule has 20 nitrogen and oxygen atoms in total. The van der Waals surface area contributed by atoms with E-state index in [0.29, 0.717) is 5.56 Å². The normalized spacial score (nSPS) is 12.9. The molecule has 2 rings (SSSR count). The van der Waals surface area contributed by atoms with Crippen molar-refractivity contribution in [2.75, 3.05) is 5.32 Å². The third-order valence-electron chi connectivity index (χ3n) is 7.08. The number of ether oxygens (including phenoxy) is 1. The molecule has 2 aromatic carbocycles. The summed E-state index contributed by atoms with van der Waals surface area (Å²) in [4.78, 5) is 110. The molecule has 0 heterocycles. The van der Waals surface area contributed by atoms with Gasteiger partial charge in [0.2, 0.25) is 23.6 Å². The summed E-state index contributed by atoms with van der Waals surface area (Å²) < 4.78 is 5.03. The van der Waals surface area contributed by atoms with E-state index in [2.05, 4.69) is 26.6 Å². The van der Waals surface area contributed by atoms with Crippen molar-refractivity contribution >= 4 is 59.0 Å². The lowest BCUT2D eigenvalue weighted by atomic mass is 10.0. The Labute approximate surface area is 295 Å². The number of carbonyl (C=O) groups is 8. The molecular formula is C32H38N6O14. The van der Waals surface area contributed by atoms with Gasteiger partial charge in [-0.3, -0.25) is 43.7 Å².